The first kappa shape index (κ1) is 13.5. The molecule has 0 atom stereocenters. The second-order valence-electron chi connectivity index (χ2n) is 3.80. The molecule has 88 valence electrons. The first-order chi connectivity index (χ1) is 7.58. The van der Waals surface area contributed by atoms with Gasteiger partial charge >= 0.3 is 0 Å². The van der Waals surface area contributed by atoms with Crippen LogP contribution in [0, 0.1) is 5.92 Å². The van der Waals surface area contributed by atoms with Crippen LogP contribution in [-0.4, -0.2) is 23.2 Å². The van der Waals surface area contributed by atoms with Gasteiger partial charge in [0.25, 0.3) is 0 Å². The van der Waals surface area contributed by atoms with E-state index in [0.717, 1.165) is 16.0 Å². The number of aromatic nitrogens is 1. The summed E-state index contributed by atoms with van der Waals surface area (Å²) in [5, 5.41) is 3.73. The third-order valence-electron chi connectivity index (χ3n) is 1.76. The van der Waals surface area contributed by atoms with Gasteiger partial charge in [-0.1, -0.05) is 25.6 Å². The Morgan fingerprint density at radius 3 is 2.88 bits per heavy atom. The van der Waals surface area contributed by atoms with Crippen molar-refractivity contribution in [2.45, 2.75) is 18.9 Å². The van der Waals surface area contributed by atoms with E-state index >= 15 is 0 Å². The Kier molecular flexibility index (Phi) is 5.84. The number of hydrogen-bond acceptors (Lipinski definition) is 3. The standard InChI is InChI=1S/C11H15BrN2OS/c1-8(2)5-13-10(15)7-16-11-4-3-9(12)6-14-11/h3-4,6,8H,5,7H2,1-2H3,(H,13,15). The Hall–Kier alpha value is -0.550. The van der Waals surface area contributed by atoms with Crippen molar-refractivity contribution in [2.75, 3.05) is 12.3 Å². The van der Waals surface area contributed by atoms with Gasteiger partial charge in [-0.15, -0.1) is 0 Å². The number of carbonyl (C=O) groups excluding carboxylic acids is 1. The van der Waals surface area contributed by atoms with Crippen LogP contribution in [0.4, 0.5) is 0 Å². The van der Waals surface area contributed by atoms with Gasteiger partial charge in [-0.25, -0.2) is 4.98 Å². The third-order valence-corrected chi connectivity index (χ3v) is 3.17. The van der Waals surface area contributed by atoms with Gasteiger partial charge in [-0.2, -0.15) is 0 Å². The smallest absolute Gasteiger partial charge is 0.230 e. The fourth-order valence-electron chi connectivity index (χ4n) is 0.956. The number of nitrogens with one attached hydrogen (secondary N) is 1. The Labute approximate surface area is 109 Å². The van der Waals surface area contributed by atoms with Crippen molar-refractivity contribution in [1.82, 2.24) is 10.3 Å². The lowest BCUT2D eigenvalue weighted by Gasteiger charge is -2.06. The summed E-state index contributed by atoms with van der Waals surface area (Å²) >= 11 is 4.76. The molecule has 1 aromatic rings. The van der Waals surface area contributed by atoms with Crippen molar-refractivity contribution in [3.8, 4) is 0 Å². The van der Waals surface area contributed by atoms with Crippen LogP contribution in [0.2, 0.25) is 0 Å². The van der Waals surface area contributed by atoms with Crippen molar-refractivity contribution in [3.05, 3.63) is 22.8 Å². The molecule has 0 aromatic carbocycles. The molecule has 5 heteroatoms. The Morgan fingerprint density at radius 1 is 1.56 bits per heavy atom. The number of halogens is 1. The molecule has 0 bridgehead atoms. The number of nitrogens with zero attached hydrogens (tertiary/aromatic N) is 1. The van der Waals surface area contributed by atoms with Crippen LogP contribution < -0.4 is 5.32 Å². The third kappa shape index (κ3) is 5.51. The number of rotatable bonds is 5. The number of hydrogen-bond donors (Lipinski definition) is 1. The lowest BCUT2D eigenvalue weighted by atomic mass is 10.2. The maximum atomic E-state index is 11.4. The van der Waals surface area contributed by atoms with Crippen molar-refractivity contribution in [1.29, 1.82) is 0 Å². The lowest BCUT2D eigenvalue weighted by Crippen LogP contribution is -2.28. The molecular weight excluding hydrogens is 288 g/mol. The van der Waals surface area contributed by atoms with Gasteiger partial charge in [0, 0.05) is 17.2 Å². The average molecular weight is 303 g/mol. The summed E-state index contributed by atoms with van der Waals surface area (Å²) < 4.78 is 0.945. The highest BCUT2D eigenvalue weighted by molar-refractivity contribution is 9.10. The van der Waals surface area contributed by atoms with E-state index in [4.69, 9.17) is 0 Å². The van der Waals surface area contributed by atoms with Crippen LogP contribution in [0.15, 0.2) is 27.8 Å². The topological polar surface area (TPSA) is 42.0 Å². The van der Waals surface area contributed by atoms with E-state index in [1.807, 2.05) is 12.1 Å². The van der Waals surface area contributed by atoms with Crippen LogP contribution in [0.1, 0.15) is 13.8 Å². The van der Waals surface area contributed by atoms with Crippen molar-refractivity contribution >= 4 is 33.6 Å². The largest absolute Gasteiger partial charge is 0.355 e. The summed E-state index contributed by atoms with van der Waals surface area (Å²) in [6, 6.07) is 3.81. The zero-order chi connectivity index (χ0) is 12.0. The second-order valence-corrected chi connectivity index (χ2v) is 5.71. The first-order valence-corrected chi connectivity index (χ1v) is 6.87. The molecule has 0 radical (unpaired) electrons. The van der Waals surface area contributed by atoms with Crippen molar-refractivity contribution in [3.63, 3.8) is 0 Å². The molecule has 1 rings (SSSR count). The molecule has 1 amide bonds. The lowest BCUT2D eigenvalue weighted by molar-refractivity contribution is -0.118. The zero-order valence-electron chi connectivity index (χ0n) is 9.37. The fraction of sp³-hybridized carbons (Fsp3) is 0.455. The Morgan fingerprint density at radius 2 is 2.31 bits per heavy atom. The SMILES string of the molecule is CC(C)CNC(=O)CSc1ccc(Br)cn1. The van der Waals surface area contributed by atoms with E-state index in [-0.39, 0.29) is 5.91 Å². The number of pyridine rings is 1. The molecule has 1 N–H and O–H groups in total. The van der Waals surface area contributed by atoms with E-state index in [0.29, 0.717) is 11.7 Å². The van der Waals surface area contributed by atoms with Crippen LogP contribution in [0.3, 0.4) is 0 Å². The van der Waals surface area contributed by atoms with Crippen LogP contribution in [0.25, 0.3) is 0 Å². The van der Waals surface area contributed by atoms with Gasteiger partial charge in [0.2, 0.25) is 5.91 Å². The fourth-order valence-corrected chi connectivity index (χ4v) is 1.86. The van der Waals surface area contributed by atoms with Gasteiger partial charge in [0.15, 0.2) is 0 Å². The molecule has 0 saturated heterocycles. The van der Waals surface area contributed by atoms with E-state index in [1.165, 1.54) is 11.8 Å². The van der Waals surface area contributed by atoms with Crippen LogP contribution in [0.5, 0.6) is 0 Å². The molecule has 1 heterocycles. The summed E-state index contributed by atoms with van der Waals surface area (Å²) in [7, 11) is 0. The van der Waals surface area contributed by atoms with Crippen molar-refractivity contribution < 1.29 is 4.79 Å². The van der Waals surface area contributed by atoms with Gasteiger partial charge in [-0.3, -0.25) is 4.79 Å². The van der Waals surface area contributed by atoms with E-state index in [1.54, 1.807) is 6.20 Å². The van der Waals surface area contributed by atoms with Gasteiger partial charge in [0.1, 0.15) is 0 Å². The highest BCUT2D eigenvalue weighted by atomic mass is 79.9. The Balaban J connectivity index is 2.29. The van der Waals surface area contributed by atoms with E-state index in [9.17, 15) is 4.79 Å². The normalized spacial score (nSPS) is 10.5. The number of amides is 1. The highest BCUT2D eigenvalue weighted by Crippen LogP contribution is 2.16. The number of thioether (sulfide) groups is 1. The van der Waals surface area contributed by atoms with E-state index in [2.05, 4.69) is 40.1 Å². The summed E-state index contributed by atoms with van der Waals surface area (Å²) in [6.07, 6.45) is 1.73. The summed E-state index contributed by atoms with van der Waals surface area (Å²) in [5.41, 5.74) is 0. The van der Waals surface area contributed by atoms with Crippen LogP contribution in [-0.2, 0) is 4.79 Å². The molecular formula is C11H15BrN2OS. The number of carbonyl (C=O) groups is 1. The maximum absolute atomic E-state index is 11.4. The first-order valence-electron chi connectivity index (χ1n) is 5.09. The molecule has 16 heavy (non-hydrogen) atoms. The monoisotopic (exact) mass is 302 g/mol. The molecule has 3 nitrogen and oxygen atoms in total. The zero-order valence-corrected chi connectivity index (χ0v) is 11.8. The quantitative estimate of drug-likeness (QED) is 0.850. The maximum Gasteiger partial charge on any atom is 0.230 e. The van der Waals surface area contributed by atoms with Gasteiger partial charge < -0.3 is 5.32 Å². The molecule has 0 unspecified atom stereocenters. The summed E-state index contributed by atoms with van der Waals surface area (Å²) in [5.74, 6) is 0.963. The molecule has 0 fully saturated rings. The summed E-state index contributed by atoms with van der Waals surface area (Å²) in [4.78, 5) is 15.6. The molecule has 0 spiro atoms. The minimum Gasteiger partial charge on any atom is -0.355 e. The predicted octanol–water partition coefficient (Wildman–Crippen LogP) is 2.71. The predicted molar refractivity (Wildman–Crippen MR) is 70.5 cm³/mol. The Bertz CT molecular complexity index is 340. The second kappa shape index (κ2) is 6.91. The minimum absolute atomic E-state index is 0.0587. The van der Waals surface area contributed by atoms with Crippen LogP contribution >= 0.6 is 27.7 Å². The molecule has 0 saturated carbocycles. The molecule has 0 aliphatic carbocycles. The van der Waals surface area contributed by atoms with Gasteiger partial charge in [-0.05, 0) is 34.0 Å². The molecule has 1 aromatic heterocycles. The molecule has 0 aliphatic heterocycles. The van der Waals surface area contributed by atoms with E-state index < -0.39 is 0 Å². The molecule has 0 aliphatic rings. The van der Waals surface area contributed by atoms with Gasteiger partial charge in [0.05, 0.1) is 10.8 Å². The average Bonchev–Trinajstić information content (AvgIpc) is 2.25. The minimum atomic E-state index is 0.0587. The van der Waals surface area contributed by atoms with Crippen molar-refractivity contribution in [2.24, 2.45) is 5.92 Å². The summed E-state index contributed by atoms with van der Waals surface area (Å²) in [6.45, 7) is 4.88. The highest BCUT2D eigenvalue weighted by Gasteiger charge is 2.04.